The highest BCUT2D eigenvalue weighted by molar-refractivity contribution is 5.16. The summed E-state index contributed by atoms with van der Waals surface area (Å²) in [6.45, 7) is 7.43. The quantitative estimate of drug-likeness (QED) is 0.182. The first-order valence-electron chi connectivity index (χ1n) is 14.1. The summed E-state index contributed by atoms with van der Waals surface area (Å²) >= 11 is 0. The van der Waals surface area contributed by atoms with Crippen molar-refractivity contribution in [3.63, 3.8) is 0 Å². The average Bonchev–Trinajstić information content (AvgIpc) is 2.84. The third kappa shape index (κ3) is 13.5. The average molecular weight is 461 g/mol. The second-order valence-electron chi connectivity index (χ2n) is 10.5. The Hall–Kier alpha value is -0.900. The van der Waals surface area contributed by atoms with Crippen molar-refractivity contribution in [3.05, 3.63) is 35.9 Å². The lowest BCUT2D eigenvalue weighted by molar-refractivity contribution is -0.239. The molecule has 33 heavy (non-hydrogen) atoms. The highest BCUT2D eigenvalue weighted by Gasteiger charge is 2.33. The molecule has 0 aromatic heterocycles. The molecule has 1 aromatic carbocycles. The fraction of sp³-hybridized carbons (Fsp3) is 0.800. The number of hydrogen-bond donors (Lipinski definition) is 0. The van der Waals surface area contributed by atoms with Crippen LogP contribution in [0.5, 0.6) is 0 Å². The van der Waals surface area contributed by atoms with Crippen molar-refractivity contribution in [3.8, 4) is 0 Å². The van der Waals surface area contributed by atoms with Crippen molar-refractivity contribution in [1.82, 2.24) is 0 Å². The molecule has 0 saturated carbocycles. The Bertz CT molecular complexity index is 551. The fourth-order valence-corrected chi connectivity index (χ4v) is 4.60. The van der Waals surface area contributed by atoms with Crippen molar-refractivity contribution in [2.24, 2.45) is 5.41 Å². The molecule has 1 saturated heterocycles. The van der Waals surface area contributed by atoms with Crippen LogP contribution in [0.1, 0.15) is 128 Å². The largest absolute Gasteiger partial charge is 0.381 e. The minimum atomic E-state index is -0.236. The van der Waals surface area contributed by atoms with E-state index in [1.54, 1.807) is 0 Å². The van der Waals surface area contributed by atoms with Crippen molar-refractivity contribution < 1.29 is 14.2 Å². The molecule has 0 spiro atoms. The van der Waals surface area contributed by atoms with Crippen LogP contribution in [0, 0.1) is 5.41 Å². The van der Waals surface area contributed by atoms with Gasteiger partial charge in [0.1, 0.15) is 0 Å². The molecular weight excluding hydrogens is 408 g/mol. The summed E-state index contributed by atoms with van der Waals surface area (Å²) in [5, 5.41) is 0. The van der Waals surface area contributed by atoms with Crippen LogP contribution in [0.25, 0.3) is 0 Å². The minimum Gasteiger partial charge on any atom is -0.381 e. The van der Waals surface area contributed by atoms with Gasteiger partial charge in [-0.05, 0) is 6.42 Å². The van der Waals surface area contributed by atoms with Gasteiger partial charge in [-0.2, -0.15) is 0 Å². The van der Waals surface area contributed by atoms with Gasteiger partial charge in [-0.15, -0.1) is 0 Å². The highest BCUT2D eigenvalue weighted by atomic mass is 16.7. The van der Waals surface area contributed by atoms with E-state index >= 15 is 0 Å². The van der Waals surface area contributed by atoms with Crippen molar-refractivity contribution in [1.29, 1.82) is 0 Å². The topological polar surface area (TPSA) is 27.7 Å². The summed E-state index contributed by atoms with van der Waals surface area (Å²) in [6, 6.07) is 10.2. The van der Waals surface area contributed by atoms with Crippen molar-refractivity contribution >= 4 is 0 Å². The molecule has 0 aliphatic carbocycles. The normalized spacial score (nSPS) is 20.8. The summed E-state index contributed by atoms with van der Waals surface area (Å²) < 4.78 is 17.9. The van der Waals surface area contributed by atoms with Gasteiger partial charge in [0, 0.05) is 17.6 Å². The van der Waals surface area contributed by atoms with Crippen molar-refractivity contribution in [2.75, 3.05) is 26.4 Å². The van der Waals surface area contributed by atoms with Gasteiger partial charge in [-0.25, -0.2) is 0 Å². The monoisotopic (exact) mass is 460 g/mol. The second-order valence-corrected chi connectivity index (χ2v) is 10.5. The highest BCUT2D eigenvalue weighted by Crippen LogP contribution is 2.31. The first kappa shape index (κ1) is 28.3. The standard InChI is InChI=1S/C30H52O3/c1-3-4-5-6-7-8-9-10-11-12-13-14-15-16-17-21-24-31-25-30(2)26-32-29(33-27-30)28-22-19-18-20-23-28/h18-20,22-23,29H,3-17,21,24-27H2,1-2H3. The number of rotatable bonds is 20. The summed E-state index contributed by atoms with van der Waals surface area (Å²) in [5.41, 5.74) is 1.05. The molecule has 1 aliphatic heterocycles. The maximum atomic E-state index is 5.98. The molecule has 190 valence electrons. The maximum Gasteiger partial charge on any atom is 0.183 e. The van der Waals surface area contributed by atoms with E-state index in [0.717, 1.165) is 12.2 Å². The van der Waals surface area contributed by atoms with E-state index in [9.17, 15) is 0 Å². The molecule has 0 bridgehead atoms. The molecule has 1 aromatic rings. The van der Waals surface area contributed by atoms with E-state index in [1.165, 1.54) is 103 Å². The first-order valence-corrected chi connectivity index (χ1v) is 14.1. The lowest BCUT2D eigenvalue weighted by Crippen LogP contribution is -2.40. The zero-order chi connectivity index (χ0) is 23.5. The molecule has 0 N–H and O–H groups in total. The van der Waals surface area contributed by atoms with Gasteiger partial charge in [0.05, 0.1) is 19.8 Å². The zero-order valence-electron chi connectivity index (χ0n) is 21.8. The van der Waals surface area contributed by atoms with Crippen LogP contribution in [-0.4, -0.2) is 26.4 Å². The Morgan fingerprint density at radius 3 is 1.64 bits per heavy atom. The number of benzene rings is 1. The molecule has 2 rings (SSSR count). The predicted molar refractivity (Wildman–Crippen MR) is 140 cm³/mol. The van der Waals surface area contributed by atoms with Crippen LogP contribution in [0.15, 0.2) is 30.3 Å². The second kappa shape index (κ2) is 18.4. The summed E-state index contributed by atoms with van der Waals surface area (Å²) in [5.74, 6) is 0. The number of unbranched alkanes of at least 4 members (excludes halogenated alkanes) is 15. The Morgan fingerprint density at radius 1 is 0.697 bits per heavy atom. The molecule has 0 unspecified atom stereocenters. The summed E-state index contributed by atoms with van der Waals surface area (Å²) in [6.07, 6.45) is 22.2. The maximum absolute atomic E-state index is 5.98. The molecule has 1 heterocycles. The lowest BCUT2D eigenvalue weighted by Gasteiger charge is -2.37. The smallest absolute Gasteiger partial charge is 0.183 e. The van der Waals surface area contributed by atoms with E-state index in [1.807, 2.05) is 18.2 Å². The SMILES string of the molecule is CCCCCCCCCCCCCCCCCCOCC1(C)COC(c2ccccc2)OC1. The Balaban J connectivity index is 1.32. The van der Waals surface area contributed by atoms with Gasteiger partial charge in [0.25, 0.3) is 0 Å². The molecule has 1 fully saturated rings. The number of ether oxygens (including phenoxy) is 3. The third-order valence-electron chi connectivity index (χ3n) is 6.83. The van der Waals surface area contributed by atoms with Gasteiger partial charge >= 0.3 is 0 Å². The predicted octanol–water partition coefficient (Wildman–Crippen LogP) is 9.02. The van der Waals surface area contributed by atoms with Gasteiger partial charge in [-0.1, -0.05) is 140 Å². The molecule has 3 heteroatoms. The fourth-order valence-electron chi connectivity index (χ4n) is 4.60. The van der Waals surface area contributed by atoms with Crippen LogP contribution in [0.2, 0.25) is 0 Å². The van der Waals surface area contributed by atoms with Gasteiger partial charge in [0.15, 0.2) is 6.29 Å². The van der Waals surface area contributed by atoms with Gasteiger partial charge in [0.2, 0.25) is 0 Å². The van der Waals surface area contributed by atoms with E-state index in [0.29, 0.717) is 19.8 Å². The molecular formula is C30H52O3. The van der Waals surface area contributed by atoms with Gasteiger partial charge < -0.3 is 14.2 Å². The molecule has 0 amide bonds. The molecule has 0 atom stereocenters. The molecule has 0 radical (unpaired) electrons. The minimum absolute atomic E-state index is 0.0413. The molecule has 3 nitrogen and oxygen atoms in total. The lowest BCUT2D eigenvalue weighted by atomic mass is 9.93. The number of hydrogen-bond acceptors (Lipinski definition) is 3. The van der Waals surface area contributed by atoms with E-state index in [-0.39, 0.29) is 11.7 Å². The van der Waals surface area contributed by atoms with Crippen LogP contribution in [0.4, 0.5) is 0 Å². The Kier molecular flexibility index (Phi) is 15.8. The zero-order valence-corrected chi connectivity index (χ0v) is 21.8. The van der Waals surface area contributed by atoms with Crippen molar-refractivity contribution in [2.45, 2.75) is 123 Å². The van der Waals surface area contributed by atoms with Gasteiger partial charge in [-0.3, -0.25) is 0 Å². The van der Waals surface area contributed by atoms with Crippen LogP contribution < -0.4 is 0 Å². The van der Waals surface area contributed by atoms with Crippen LogP contribution in [-0.2, 0) is 14.2 Å². The first-order chi connectivity index (χ1) is 16.2. The van der Waals surface area contributed by atoms with Crippen LogP contribution >= 0.6 is 0 Å². The molecule has 1 aliphatic rings. The summed E-state index contributed by atoms with van der Waals surface area (Å²) in [7, 11) is 0. The van der Waals surface area contributed by atoms with E-state index in [2.05, 4.69) is 26.0 Å². The summed E-state index contributed by atoms with van der Waals surface area (Å²) in [4.78, 5) is 0. The Labute approximate surface area is 205 Å². The third-order valence-corrected chi connectivity index (χ3v) is 6.83. The van der Waals surface area contributed by atoms with E-state index < -0.39 is 0 Å². The van der Waals surface area contributed by atoms with E-state index in [4.69, 9.17) is 14.2 Å². The van der Waals surface area contributed by atoms with Crippen LogP contribution in [0.3, 0.4) is 0 Å². The Morgan fingerprint density at radius 2 is 1.15 bits per heavy atom.